The molecule has 1 aromatic heterocycles. The van der Waals surface area contributed by atoms with Crippen LogP contribution in [0.15, 0.2) is 18.3 Å². The van der Waals surface area contributed by atoms with Crippen molar-refractivity contribution in [3.63, 3.8) is 0 Å². The number of aromatic nitrogens is 1. The zero-order valence-electron chi connectivity index (χ0n) is 13.5. The lowest BCUT2D eigenvalue weighted by atomic mass is 9.94. The summed E-state index contributed by atoms with van der Waals surface area (Å²) in [5.74, 6) is 0.379. The van der Waals surface area contributed by atoms with Gasteiger partial charge in [0.2, 0.25) is 11.8 Å². The van der Waals surface area contributed by atoms with Crippen molar-refractivity contribution in [1.29, 1.82) is 0 Å². The fourth-order valence-corrected chi connectivity index (χ4v) is 2.65. The number of nitrogens with zero attached hydrogens (tertiary/aromatic N) is 2. The molecule has 7 heteroatoms. The lowest BCUT2D eigenvalue weighted by Gasteiger charge is -2.33. The highest BCUT2D eigenvalue weighted by atomic mass is 35.5. The van der Waals surface area contributed by atoms with Crippen LogP contribution < -0.4 is 11.1 Å². The first-order chi connectivity index (χ1) is 10.9. The fraction of sp³-hybridized carbons (Fsp3) is 0.562. The molecule has 1 aromatic rings. The van der Waals surface area contributed by atoms with Crippen molar-refractivity contribution >= 4 is 29.2 Å². The van der Waals surface area contributed by atoms with E-state index in [1.54, 1.807) is 17.0 Å². The quantitative estimate of drug-likeness (QED) is 0.877. The number of rotatable bonds is 4. The predicted octanol–water partition coefficient (Wildman–Crippen LogP) is 1.90. The van der Waals surface area contributed by atoms with Crippen LogP contribution in [0.2, 0.25) is 5.02 Å². The standard InChI is InChI=1S/C16H23ClN4O2/c1-10(2)14(18)16(23)21-7-5-11(6-8-21)15(22)20-13-4-3-12(17)9-19-13/h3-4,9-11,14H,5-8,18H2,1-2H3,(H,19,20,22)/t14-/m0/s1. The Morgan fingerprint density at radius 2 is 2.00 bits per heavy atom. The van der Waals surface area contributed by atoms with Crippen molar-refractivity contribution in [2.75, 3.05) is 18.4 Å². The van der Waals surface area contributed by atoms with Crippen LogP contribution in [0.3, 0.4) is 0 Å². The van der Waals surface area contributed by atoms with E-state index in [9.17, 15) is 9.59 Å². The van der Waals surface area contributed by atoms with Crippen molar-refractivity contribution in [2.45, 2.75) is 32.7 Å². The van der Waals surface area contributed by atoms with Crippen LogP contribution in [0.5, 0.6) is 0 Å². The number of carbonyl (C=O) groups excluding carboxylic acids is 2. The number of halogens is 1. The molecule has 0 saturated carbocycles. The molecule has 6 nitrogen and oxygen atoms in total. The van der Waals surface area contributed by atoms with E-state index in [1.807, 2.05) is 13.8 Å². The van der Waals surface area contributed by atoms with Gasteiger partial charge in [0.25, 0.3) is 0 Å². The molecule has 2 heterocycles. The van der Waals surface area contributed by atoms with Gasteiger partial charge < -0.3 is 16.0 Å². The average molecular weight is 339 g/mol. The molecule has 0 bridgehead atoms. The smallest absolute Gasteiger partial charge is 0.239 e. The number of pyridine rings is 1. The number of hydrogen-bond acceptors (Lipinski definition) is 4. The van der Waals surface area contributed by atoms with E-state index in [0.717, 1.165) is 0 Å². The van der Waals surface area contributed by atoms with Gasteiger partial charge in [0.15, 0.2) is 0 Å². The molecule has 1 atom stereocenters. The fourth-order valence-electron chi connectivity index (χ4n) is 2.54. The molecule has 0 unspecified atom stereocenters. The van der Waals surface area contributed by atoms with Gasteiger partial charge >= 0.3 is 0 Å². The molecule has 1 saturated heterocycles. The summed E-state index contributed by atoms with van der Waals surface area (Å²) < 4.78 is 0. The first-order valence-electron chi connectivity index (χ1n) is 7.85. The van der Waals surface area contributed by atoms with E-state index >= 15 is 0 Å². The second-order valence-corrected chi connectivity index (χ2v) is 6.66. The van der Waals surface area contributed by atoms with Crippen LogP contribution in [0.1, 0.15) is 26.7 Å². The molecular formula is C16H23ClN4O2. The summed E-state index contributed by atoms with van der Waals surface area (Å²) in [4.78, 5) is 30.3. The normalized spacial score (nSPS) is 17.2. The minimum absolute atomic E-state index is 0.0294. The molecule has 23 heavy (non-hydrogen) atoms. The molecule has 126 valence electrons. The zero-order valence-corrected chi connectivity index (χ0v) is 14.2. The largest absolute Gasteiger partial charge is 0.341 e. The lowest BCUT2D eigenvalue weighted by molar-refractivity contribution is -0.136. The van der Waals surface area contributed by atoms with Crippen LogP contribution in [-0.4, -0.2) is 40.8 Å². The Hall–Kier alpha value is -1.66. The number of carbonyl (C=O) groups is 2. The van der Waals surface area contributed by atoms with E-state index in [-0.39, 0.29) is 23.7 Å². The van der Waals surface area contributed by atoms with E-state index in [1.165, 1.54) is 6.20 Å². The second-order valence-electron chi connectivity index (χ2n) is 6.22. The number of nitrogens with two attached hydrogens (primary N) is 1. The maximum Gasteiger partial charge on any atom is 0.239 e. The van der Waals surface area contributed by atoms with E-state index in [0.29, 0.717) is 36.8 Å². The van der Waals surface area contributed by atoms with E-state index in [4.69, 9.17) is 17.3 Å². The van der Waals surface area contributed by atoms with Gasteiger partial charge in [-0.15, -0.1) is 0 Å². The molecule has 0 spiro atoms. The molecular weight excluding hydrogens is 316 g/mol. The number of hydrogen-bond donors (Lipinski definition) is 2. The van der Waals surface area contributed by atoms with Gasteiger partial charge in [0.05, 0.1) is 11.1 Å². The van der Waals surface area contributed by atoms with Gasteiger partial charge in [-0.1, -0.05) is 25.4 Å². The number of likely N-dealkylation sites (tertiary alicyclic amines) is 1. The monoisotopic (exact) mass is 338 g/mol. The first-order valence-corrected chi connectivity index (χ1v) is 8.23. The third kappa shape index (κ3) is 4.65. The van der Waals surface area contributed by atoms with Gasteiger partial charge in [-0.2, -0.15) is 0 Å². The molecule has 3 N–H and O–H groups in total. The third-order valence-corrected chi connectivity index (χ3v) is 4.38. The van der Waals surface area contributed by atoms with Gasteiger partial charge in [-0.3, -0.25) is 9.59 Å². The Labute approximate surface area is 141 Å². The van der Waals surface area contributed by atoms with Crippen molar-refractivity contribution in [1.82, 2.24) is 9.88 Å². The molecule has 0 aliphatic carbocycles. The van der Waals surface area contributed by atoms with Gasteiger partial charge in [0.1, 0.15) is 5.82 Å². The summed E-state index contributed by atoms with van der Waals surface area (Å²) in [6.07, 6.45) is 2.76. The molecule has 1 aliphatic heterocycles. The number of anilines is 1. The van der Waals surface area contributed by atoms with Gasteiger partial charge in [0, 0.05) is 25.2 Å². The van der Waals surface area contributed by atoms with Crippen molar-refractivity contribution in [3.8, 4) is 0 Å². The van der Waals surface area contributed by atoms with Gasteiger partial charge in [-0.05, 0) is 30.9 Å². The highest BCUT2D eigenvalue weighted by molar-refractivity contribution is 6.30. The second kappa shape index (κ2) is 7.75. The minimum atomic E-state index is -0.473. The summed E-state index contributed by atoms with van der Waals surface area (Å²) in [5.41, 5.74) is 5.91. The van der Waals surface area contributed by atoms with Crippen molar-refractivity contribution in [2.24, 2.45) is 17.6 Å². The van der Waals surface area contributed by atoms with Crippen LogP contribution in [0, 0.1) is 11.8 Å². The topological polar surface area (TPSA) is 88.3 Å². The number of nitrogens with one attached hydrogen (secondary N) is 1. The maximum absolute atomic E-state index is 12.3. The van der Waals surface area contributed by atoms with Gasteiger partial charge in [-0.25, -0.2) is 4.98 Å². The molecule has 0 radical (unpaired) electrons. The van der Waals surface area contributed by atoms with Crippen molar-refractivity contribution < 1.29 is 9.59 Å². The molecule has 1 aliphatic rings. The SMILES string of the molecule is CC(C)[C@H](N)C(=O)N1CCC(C(=O)Nc2ccc(Cl)cn2)CC1. The first kappa shape index (κ1) is 17.7. The zero-order chi connectivity index (χ0) is 17.0. The maximum atomic E-state index is 12.3. The summed E-state index contributed by atoms with van der Waals surface area (Å²) in [5, 5.41) is 3.31. The highest BCUT2D eigenvalue weighted by Gasteiger charge is 2.30. The van der Waals surface area contributed by atoms with Crippen LogP contribution in [0.25, 0.3) is 0 Å². The minimum Gasteiger partial charge on any atom is -0.341 e. The Bertz CT molecular complexity index is 554. The third-order valence-electron chi connectivity index (χ3n) is 4.16. The number of piperidine rings is 1. The average Bonchev–Trinajstić information content (AvgIpc) is 2.55. The summed E-state index contributed by atoms with van der Waals surface area (Å²) >= 11 is 5.77. The molecule has 0 aromatic carbocycles. The summed E-state index contributed by atoms with van der Waals surface area (Å²) in [7, 11) is 0. The Balaban J connectivity index is 1.85. The molecule has 2 rings (SSSR count). The predicted molar refractivity (Wildman–Crippen MR) is 90.0 cm³/mol. The van der Waals surface area contributed by atoms with Crippen LogP contribution >= 0.6 is 11.6 Å². The molecule has 2 amide bonds. The number of amides is 2. The Morgan fingerprint density at radius 1 is 1.35 bits per heavy atom. The van der Waals surface area contributed by atoms with Crippen molar-refractivity contribution in [3.05, 3.63) is 23.4 Å². The summed E-state index contributed by atoms with van der Waals surface area (Å²) in [6, 6.07) is 2.87. The Morgan fingerprint density at radius 3 is 2.52 bits per heavy atom. The van der Waals surface area contributed by atoms with Crippen LogP contribution in [0.4, 0.5) is 5.82 Å². The Kier molecular flexibility index (Phi) is 5.96. The summed E-state index contributed by atoms with van der Waals surface area (Å²) in [6.45, 7) is 4.99. The lowest BCUT2D eigenvalue weighted by Crippen LogP contribution is -2.50. The highest BCUT2D eigenvalue weighted by Crippen LogP contribution is 2.20. The molecule has 1 fully saturated rings. The van der Waals surface area contributed by atoms with Crippen LogP contribution in [-0.2, 0) is 9.59 Å². The van der Waals surface area contributed by atoms with E-state index < -0.39 is 6.04 Å². The van der Waals surface area contributed by atoms with E-state index in [2.05, 4.69) is 10.3 Å².